The summed E-state index contributed by atoms with van der Waals surface area (Å²) in [6.07, 6.45) is 0.802. The highest BCUT2D eigenvalue weighted by molar-refractivity contribution is 8.16. The number of nitrogens with one attached hydrogen (secondary N) is 1. The molecule has 0 unspecified atom stereocenters. The summed E-state index contributed by atoms with van der Waals surface area (Å²) < 4.78 is 5.54. The van der Waals surface area contributed by atoms with E-state index >= 15 is 0 Å². The number of hydrogen-bond acceptors (Lipinski definition) is 6. The molecule has 0 spiro atoms. The lowest BCUT2D eigenvalue weighted by molar-refractivity contribution is -0.143. The van der Waals surface area contributed by atoms with E-state index in [0.29, 0.717) is 16.3 Å². The van der Waals surface area contributed by atoms with Crippen molar-refractivity contribution in [3.63, 3.8) is 0 Å². The first kappa shape index (κ1) is 23.4. The predicted molar refractivity (Wildman–Crippen MR) is 126 cm³/mol. The van der Waals surface area contributed by atoms with Gasteiger partial charge in [-0.1, -0.05) is 42.4 Å². The molecule has 2 aliphatic heterocycles. The Morgan fingerprint density at radius 2 is 1.94 bits per heavy atom. The summed E-state index contributed by atoms with van der Waals surface area (Å²) in [5, 5.41) is 6.29. The van der Waals surface area contributed by atoms with Crippen molar-refractivity contribution in [3.05, 3.63) is 57.2 Å². The normalized spacial score (nSPS) is 19.1. The van der Waals surface area contributed by atoms with Crippen LogP contribution in [0.25, 0.3) is 0 Å². The van der Waals surface area contributed by atoms with E-state index in [9.17, 15) is 9.59 Å². The Labute approximate surface area is 192 Å². The van der Waals surface area contributed by atoms with Gasteiger partial charge in [0.15, 0.2) is 5.17 Å². The molecule has 2 atom stereocenters. The van der Waals surface area contributed by atoms with Crippen molar-refractivity contribution in [3.8, 4) is 0 Å². The van der Waals surface area contributed by atoms with Crippen LogP contribution < -0.4 is 5.32 Å². The number of esters is 1. The molecule has 0 aliphatic carbocycles. The SMILES string of the molecule is CC[C@@H](C)NC(=O)CC1=CSC2=NC(C)=C(C(=O)OC(C)C)[C@H](c3ccc(Cl)cc3)N12. The molecular weight excluding hydrogens is 434 g/mol. The number of allylic oxidation sites excluding steroid dienone is 1. The summed E-state index contributed by atoms with van der Waals surface area (Å²) in [6.45, 7) is 9.46. The van der Waals surface area contributed by atoms with Crippen molar-refractivity contribution in [1.29, 1.82) is 0 Å². The largest absolute Gasteiger partial charge is 0.459 e. The second-order valence-corrected chi connectivity index (χ2v) is 9.23. The number of hydrogen-bond donors (Lipinski definition) is 1. The van der Waals surface area contributed by atoms with E-state index in [1.165, 1.54) is 11.8 Å². The van der Waals surface area contributed by atoms with Gasteiger partial charge in [0, 0.05) is 16.8 Å². The van der Waals surface area contributed by atoms with Gasteiger partial charge in [-0.05, 0) is 57.2 Å². The molecule has 0 saturated carbocycles. The van der Waals surface area contributed by atoms with Gasteiger partial charge < -0.3 is 15.0 Å². The van der Waals surface area contributed by atoms with Gasteiger partial charge in [-0.2, -0.15) is 0 Å². The van der Waals surface area contributed by atoms with Crippen LogP contribution in [0.4, 0.5) is 0 Å². The zero-order chi connectivity index (χ0) is 22.7. The maximum absolute atomic E-state index is 13.1. The Morgan fingerprint density at radius 1 is 1.26 bits per heavy atom. The molecule has 1 aromatic rings. The van der Waals surface area contributed by atoms with Crippen LogP contribution in [0.1, 0.15) is 59.1 Å². The number of rotatable bonds is 7. The lowest BCUT2D eigenvalue weighted by atomic mass is 9.94. The van der Waals surface area contributed by atoms with Crippen molar-refractivity contribution >= 4 is 40.4 Å². The minimum atomic E-state index is -0.450. The molecule has 166 valence electrons. The average Bonchev–Trinajstić information content (AvgIpc) is 3.08. The maximum Gasteiger partial charge on any atom is 0.338 e. The van der Waals surface area contributed by atoms with Crippen LogP contribution in [0.5, 0.6) is 0 Å². The number of carbonyl (C=O) groups excluding carboxylic acids is 2. The smallest absolute Gasteiger partial charge is 0.338 e. The second-order valence-electron chi connectivity index (χ2n) is 7.95. The standard InChI is InChI=1S/C23H28ClN3O3S/c1-6-14(4)25-19(28)11-18-12-31-23-26-15(5)20(22(29)30-13(2)3)21(27(18)23)16-7-9-17(24)10-8-16/h7-10,12-14,21H,6,11H2,1-5H3,(H,25,28)/t14-,21+/m1/s1. The van der Waals surface area contributed by atoms with Gasteiger partial charge >= 0.3 is 5.97 Å². The van der Waals surface area contributed by atoms with Crippen LogP contribution in [0.15, 0.2) is 51.6 Å². The molecule has 0 fully saturated rings. The van der Waals surface area contributed by atoms with Gasteiger partial charge in [-0.3, -0.25) is 4.79 Å². The number of amidine groups is 1. The van der Waals surface area contributed by atoms with E-state index in [1.54, 1.807) is 12.1 Å². The zero-order valence-corrected chi connectivity index (χ0v) is 20.0. The first-order valence-electron chi connectivity index (χ1n) is 10.4. The maximum atomic E-state index is 13.1. The molecule has 0 saturated heterocycles. The Hall–Kier alpha value is -2.25. The summed E-state index contributed by atoms with van der Waals surface area (Å²) in [6, 6.07) is 7.03. The van der Waals surface area contributed by atoms with Crippen molar-refractivity contribution in [2.45, 2.75) is 65.6 Å². The van der Waals surface area contributed by atoms with E-state index in [0.717, 1.165) is 22.8 Å². The third kappa shape index (κ3) is 5.33. The number of aliphatic imine (C=N–C) groups is 1. The molecule has 0 radical (unpaired) electrons. The lowest BCUT2D eigenvalue weighted by Gasteiger charge is -2.36. The molecular formula is C23H28ClN3O3S. The van der Waals surface area contributed by atoms with Crippen LogP contribution >= 0.6 is 23.4 Å². The van der Waals surface area contributed by atoms with E-state index in [2.05, 4.69) is 10.3 Å². The van der Waals surface area contributed by atoms with Crippen molar-refractivity contribution in [2.24, 2.45) is 4.99 Å². The molecule has 8 heteroatoms. The highest BCUT2D eigenvalue weighted by Crippen LogP contribution is 2.45. The molecule has 2 heterocycles. The van der Waals surface area contributed by atoms with Crippen LogP contribution in [0.2, 0.25) is 5.02 Å². The first-order valence-corrected chi connectivity index (χ1v) is 11.7. The topological polar surface area (TPSA) is 71.0 Å². The molecule has 6 nitrogen and oxygen atoms in total. The Morgan fingerprint density at radius 3 is 2.55 bits per heavy atom. The Bertz CT molecular complexity index is 953. The fourth-order valence-electron chi connectivity index (χ4n) is 3.46. The lowest BCUT2D eigenvalue weighted by Crippen LogP contribution is -2.39. The highest BCUT2D eigenvalue weighted by Gasteiger charge is 2.41. The van der Waals surface area contributed by atoms with E-state index in [4.69, 9.17) is 16.3 Å². The van der Waals surface area contributed by atoms with Gasteiger partial charge in [0.1, 0.15) is 0 Å². The van der Waals surface area contributed by atoms with Crippen molar-refractivity contribution in [1.82, 2.24) is 10.2 Å². The second kappa shape index (κ2) is 9.92. The number of halogens is 1. The van der Waals surface area contributed by atoms with E-state index in [-0.39, 0.29) is 24.5 Å². The van der Waals surface area contributed by atoms with Gasteiger partial charge in [0.2, 0.25) is 5.91 Å². The van der Waals surface area contributed by atoms with E-state index < -0.39 is 12.0 Å². The number of benzene rings is 1. The van der Waals surface area contributed by atoms with Crippen molar-refractivity contribution < 1.29 is 14.3 Å². The summed E-state index contributed by atoms with van der Waals surface area (Å²) in [5.41, 5.74) is 2.76. The zero-order valence-electron chi connectivity index (χ0n) is 18.4. The number of amides is 1. The quantitative estimate of drug-likeness (QED) is 0.567. The fourth-order valence-corrected chi connectivity index (χ4v) is 4.55. The Kier molecular flexibility index (Phi) is 7.49. The highest BCUT2D eigenvalue weighted by atomic mass is 35.5. The van der Waals surface area contributed by atoms with Crippen LogP contribution in [-0.2, 0) is 14.3 Å². The summed E-state index contributed by atoms with van der Waals surface area (Å²) >= 11 is 7.56. The minimum Gasteiger partial charge on any atom is -0.459 e. The van der Waals surface area contributed by atoms with Crippen molar-refractivity contribution in [2.75, 3.05) is 0 Å². The number of thioether (sulfide) groups is 1. The van der Waals surface area contributed by atoms with Gasteiger partial charge in [-0.15, -0.1) is 0 Å². The van der Waals surface area contributed by atoms with Gasteiger partial charge in [0.05, 0.1) is 29.8 Å². The first-order chi connectivity index (χ1) is 14.7. The molecule has 2 aliphatic rings. The number of fused-ring (bicyclic) bond motifs is 1. The molecule has 1 amide bonds. The number of ether oxygens (including phenoxy) is 1. The fraction of sp³-hybridized carbons (Fsp3) is 0.435. The number of nitrogens with zero attached hydrogens (tertiary/aromatic N) is 2. The summed E-state index contributed by atoms with van der Waals surface area (Å²) in [7, 11) is 0. The van der Waals surface area contributed by atoms with Crippen LogP contribution in [-0.4, -0.2) is 34.1 Å². The average molecular weight is 462 g/mol. The molecule has 1 N–H and O–H groups in total. The molecule has 1 aromatic carbocycles. The minimum absolute atomic E-state index is 0.0603. The van der Waals surface area contributed by atoms with Gasteiger partial charge in [0.25, 0.3) is 0 Å². The number of carbonyl (C=O) groups is 2. The molecule has 3 rings (SSSR count). The molecule has 0 bridgehead atoms. The van der Waals surface area contributed by atoms with Crippen LogP contribution in [0, 0.1) is 0 Å². The Balaban J connectivity index is 2.00. The molecule has 31 heavy (non-hydrogen) atoms. The monoisotopic (exact) mass is 461 g/mol. The predicted octanol–water partition coefficient (Wildman–Crippen LogP) is 5.17. The summed E-state index contributed by atoms with van der Waals surface area (Å²) in [4.78, 5) is 32.3. The molecule has 0 aromatic heterocycles. The van der Waals surface area contributed by atoms with E-state index in [1.807, 2.05) is 57.1 Å². The summed E-state index contributed by atoms with van der Waals surface area (Å²) in [5.74, 6) is -0.467. The third-order valence-corrected chi connectivity index (χ3v) is 6.25. The van der Waals surface area contributed by atoms with Gasteiger partial charge in [-0.25, -0.2) is 9.79 Å². The third-order valence-electron chi connectivity index (χ3n) is 5.11. The van der Waals surface area contributed by atoms with Crippen LogP contribution in [0.3, 0.4) is 0 Å².